The molecular weight excluding hydrogens is 741 g/mol. The Hall–Kier alpha value is -4.16. The Balaban J connectivity index is 0.000000547. The molecule has 0 atom stereocenters. The zero-order chi connectivity index (χ0) is 34.3. The molecule has 0 unspecified atom stereocenters. The number of rotatable bonds is 0. The molecule has 0 spiro atoms. The first-order valence-corrected chi connectivity index (χ1v) is 14.8. The van der Waals surface area contributed by atoms with Crippen molar-refractivity contribution in [2.75, 3.05) is 0 Å². The summed E-state index contributed by atoms with van der Waals surface area (Å²) < 4.78 is 0. The zero-order valence-electron chi connectivity index (χ0n) is 28.8. The van der Waals surface area contributed by atoms with E-state index in [2.05, 4.69) is 0 Å². The topological polar surface area (TPSA) is 101 Å². The van der Waals surface area contributed by atoms with Crippen LogP contribution in [0.25, 0.3) is 0 Å². The monoisotopic (exact) mass is 791 g/mol. The van der Waals surface area contributed by atoms with Crippen molar-refractivity contribution < 1.29 is 47.9 Å². The minimum absolute atomic E-state index is 0. The maximum Gasteiger partial charge on any atom is 0.121 e. The molecule has 0 heterocycles. The van der Waals surface area contributed by atoms with Gasteiger partial charge in [-0.25, -0.2) is 0 Å². The van der Waals surface area contributed by atoms with Gasteiger partial charge in [-0.05, 0) is 125 Å². The first-order chi connectivity index (χ1) is 21.1. The van der Waals surface area contributed by atoms with Crippen LogP contribution in [0.2, 0.25) is 0 Å². The van der Waals surface area contributed by atoms with E-state index in [9.17, 15) is 25.5 Å². The van der Waals surface area contributed by atoms with E-state index < -0.39 is 0 Å². The van der Waals surface area contributed by atoms with Gasteiger partial charge in [0.2, 0.25) is 0 Å². The molecule has 5 N–H and O–H groups in total. The fourth-order valence-corrected chi connectivity index (χ4v) is 4.03. The van der Waals surface area contributed by atoms with E-state index in [1.807, 2.05) is 160 Å². The summed E-state index contributed by atoms with van der Waals surface area (Å²) in [5.41, 5.74) is 9.40. The Morgan fingerprint density at radius 1 is 0.239 bits per heavy atom. The summed E-state index contributed by atoms with van der Waals surface area (Å²) in [7, 11) is 0. The molecular formula is C40H50O5Ta. The normalized spacial score (nSPS) is 9.35. The van der Waals surface area contributed by atoms with Crippen molar-refractivity contribution in [1.29, 1.82) is 0 Å². The van der Waals surface area contributed by atoms with Crippen LogP contribution in [0.5, 0.6) is 28.7 Å². The van der Waals surface area contributed by atoms with E-state index in [4.69, 9.17) is 0 Å². The third-order valence-electron chi connectivity index (χ3n) is 7.20. The molecule has 0 aromatic heterocycles. The van der Waals surface area contributed by atoms with Gasteiger partial charge in [0.05, 0.1) is 0 Å². The first kappa shape index (κ1) is 41.8. The van der Waals surface area contributed by atoms with Gasteiger partial charge in [-0.15, -0.1) is 0 Å². The van der Waals surface area contributed by atoms with Crippen molar-refractivity contribution in [2.24, 2.45) is 0 Å². The number of phenolic OH excluding ortho intramolecular Hbond substituents is 5. The predicted octanol–water partition coefficient (Wildman–Crippen LogP) is 10.0. The van der Waals surface area contributed by atoms with Crippen molar-refractivity contribution in [3.8, 4) is 28.7 Å². The summed E-state index contributed by atoms with van der Waals surface area (Å²) in [4.78, 5) is 0. The fourth-order valence-electron chi connectivity index (χ4n) is 4.03. The molecule has 1 radical (unpaired) electrons. The largest absolute Gasteiger partial charge is 0.507 e. The van der Waals surface area contributed by atoms with E-state index in [-0.39, 0.29) is 22.4 Å². The van der Waals surface area contributed by atoms with Gasteiger partial charge in [0.15, 0.2) is 0 Å². The molecule has 0 saturated heterocycles. The number of benzene rings is 5. The van der Waals surface area contributed by atoms with Crippen molar-refractivity contribution >= 4 is 0 Å². The number of aryl methyl sites for hydroxylation is 10. The van der Waals surface area contributed by atoms with Gasteiger partial charge < -0.3 is 25.5 Å². The maximum atomic E-state index is 9.21. The average molecular weight is 792 g/mol. The van der Waals surface area contributed by atoms with Crippen LogP contribution >= 0.6 is 0 Å². The van der Waals surface area contributed by atoms with Crippen LogP contribution in [0, 0.1) is 69.2 Å². The molecule has 6 heteroatoms. The summed E-state index contributed by atoms with van der Waals surface area (Å²) in [5, 5.41) is 46.0. The van der Waals surface area contributed by atoms with Crippen LogP contribution in [0.15, 0.2) is 91.0 Å². The zero-order valence-corrected chi connectivity index (χ0v) is 32.1. The SMILES string of the molecule is Cc1cccc(C)c1O.Cc1cccc(C)c1O.Cc1cccc(C)c1O.Cc1cccc(C)c1O.Cc1cccc(C)c1O.[Ta]. The molecule has 5 rings (SSSR count). The minimum atomic E-state index is 0. The number of hydrogen-bond acceptors (Lipinski definition) is 5. The predicted molar refractivity (Wildman–Crippen MR) is 188 cm³/mol. The second-order valence-electron chi connectivity index (χ2n) is 11.2. The van der Waals surface area contributed by atoms with Crippen LogP contribution < -0.4 is 0 Å². The number of para-hydroxylation sites is 5. The molecule has 46 heavy (non-hydrogen) atoms. The number of phenols is 5. The van der Waals surface area contributed by atoms with Crippen molar-refractivity contribution in [3.63, 3.8) is 0 Å². The molecule has 0 fully saturated rings. The second-order valence-corrected chi connectivity index (χ2v) is 11.2. The molecule has 0 aliphatic heterocycles. The first-order valence-electron chi connectivity index (χ1n) is 14.8. The summed E-state index contributed by atoms with van der Waals surface area (Å²) in [5.74, 6) is 2.07. The molecule has 5 nitrogen and oxygen atoms in total. The van der Waals surface area contributed by atoms with Crippen LogP contribution in [-0.2, 0) is 22.4 Å². The molecule has 0 amide bonds. The molecule has 0 aliphatic rings. The number of aromatic hydroxyl groups is 5. The van der Waals surface area contributed by atoms with Gasteiger partial charge in [-0.1, -0.05) is 91.0 Å². The van der Waals surface area contributed by atoms with E-state index in [0.29, 0.717) is 28.7 Å². The van der Waals surface area contributed by atoms with E-state index in [1.54, 1.807) is 0 Å². The number of hydrogen-bond donors (Lipinski definition) is 5. The summed E-state index contributed by atoms with van der Waals surface area (Å²) in [6, 6.07) is 28.6. The minimum Gasteiger partial charge on any atom is -0.507 e. The quantitative estimate of drug-likeness (QED) is 0.108. The third-order valence-corrected chi connectivity index (χ3v) is 7.20. The standard InChI is InChI=1S/5C8H10O.Ta/c5*1-6-4-3-5-7(2)8(6)9;/h5*3-5,9H,1-2H3;. The van der Waals surface area contributed by atoms with Crippen molar-refractivity contribution in [2.45, 2.75) is 69.2 Å². The summed E-state index contributed by atoms with van der Waals surface area (Å²) in [6.45, 7) is 18.9. The summed E-state index contributed by atoms with van der Waals surface area (Å²) in [6.07, 6.45) is 0. The van der Waals surface area contributed by atoms with Gasteiger partial charge in [0.25, 0.3) is 0 Å². The second kappa shape index (κ2) is 20.8. The van der Waals surface area contributed by atoms with Gasteiger partial charge in [-0.2, -0.15) is 0 Å². The van der Waals surface area contributed by atoms with Crippen LogP contribution in [-0.4, -0.2) is 25.5 Å². The Morgan fingerprint density at radius 2 is 0.326 bits per heavy atom. The van der Waals surface area contributed by atoms with E-state index in [0.717, 1.165) is 55.6 Å². The Kier molecular flexibility index (Phi) is 18.9. The van der Waals surface area contributed by atoms with Crippen LogP contribution in [0.3, 0.4) is 0 Å². The smallest absolute Gasteiger partial charge is 0.121 e. The fraction of sp³-hybridized carbons (Fsp3) is 0.250. The van der Waals surface area contributed by atoms with Crippen LogP contribution in [0.4, 0.5) is 0 Å². The third kappa shape index (κ3) is 13.9. The Labute approximate surface area is 291 Å². The Morgan fingerprint density at radius 3 is 0.391 bits per heavy atom. The van der Waals surface area contributed by atoms with Gasteiger partial charge in [-0.3, -0.25) is 0 Å². The van der Waals surface area contributed by atoms with Gasteiger partial charge >= 0.3 is 0 Å². The van der Waals surface area contributed by atoms with E-state index >= 15 is 0 Å². The molecule has 5 aromatic rings. The Bertz CT molecular complexity index is 1270. The molecule has 0 aliphatic carbocycles. The van der Waals surface area contributed by atoms with Gasteiger partial charge in [0.1, 0.15) is 28.7 Å². The van der Waals surface area contributed by atoms with E-state index in [1.165, 1.54) is 0 Å². The average Bonchev–Trinajstić information content (AvgIpc) is 3.00. The molecule has 245 valence electrons. The maximum absolute atomic E-state index is 9.21. The molecule has 0 saturated carbocycles. The van der Waals surface area contributed by atoms with Crippen molar-refractivity contribution in [1.82, 2.24) is 0 Å². The molecule has 0 bridgehead atoms. The molecule has 5 aromatic carbocycles. The van der Waals surface area contributed by atoms with Gasteiger partial charge in [0, 0.05) is 22.4 Å². The summed E-state index contributed by atoms with van der Waals surface area (Å²) >= 11 is 0. The van der Waals surface area contributed by atoms with Crippen molar-refractivity contribution in [3.05, 3.63) is 147 Å². The van der Waals surface area contributed by atoms with Crippen LogP contribution in [0.1, 0.15) is 55.6 Å².